The summed E-state index contributed by atoms with van der Waals surface area (Å²) in [5.74, 6) is 3.68. The number of rotatable bonds is 10. The molecule has 0 saturated carbocycles. The standard InChI is InChI=1S/C21H33ClN6S/c1-16-26-27-19(28(16)4)14-24-20(23-10-7-11-29-5)25-15-21(2,3)13-17-8-6-9-18(22)12-17/h6,8-9,12H,7,10-11,13-15H2,1-5H3,(H2,23,24,25). The third kappa shape index (κ3) is 8.26. The van der Waals surface area contributed by atoms with E-state index < -0.39 is 0 Å². The highest BCUT2D eigenvalue weighted by Crippen LogP contribution is 2.22. The minimum Gasteiger partial charge on any atom is -0.356 e. The first-order valence-corrected chi connectivity index (χ1v) is 11.7. The van der Waals surface area contributed by atoms with Crippen LogP contribution in [0.5, 0.6) is 0 Å². The summed E-state index contributed by atoms with van der Waals surface area (Å²) in [5, 5.41) is 16.0. The Morgan fingerprint density at radius 3 is 2.72 bits per heavy atom. The molecule has 0 unspecified atom stereocenters. The fraction of sp³-hybridized carbons (Fsp3) is 0.571. The van der Waals surface area contributed by atoms with Crippen LogP contribution in [0.1, 0.15) is 37.5 Å². The summed E-state index contributed by atoms with van der Waals surface area (Å²) in [6, 6.07) is 8.08. The summed E-state index contributed by atoms with van der Waals surface area (Å²) in [7, 11) is 1.97. The van der Waals surface area contributed by atoms with E-state index >= 15 is 0 Å². The first kappa shape index (κ1) is 23.5. The van der Waals surface area contributed by atoms with E-state index in [4.69, 9.17) is 16.6 Å². The van der Waals surface area contributed by atoms with Crippen LogP contribution < -0.4 is 10.6 Å². The lowest BCUT2D eigenvalue weighted by Gasteiger charge is -2.26. The molecule has 2 rings (SSSR count). The molecule has 0 radical (unpaired) electrons. The van der Waals surface area contributed by atoms with Crippen LogP contribution in [0.15, 0.2) is 29.3 Å². The van der Waals surface area contributed by atoms with Gasteiger partial charge in [-0.2, -0.15) is 11.8 Å². The molecule has 0 spiro atoms. The highest BCUT2D eigenvalue weighted by Gasteiger charge is 2.19. The topological polar surface area (TPSA) is 67.1 Å². The fourth-order valence-corrected chi connectivity index (χ4v) is 3.57. The van der Waals surface area contributed by atoms with Gasteiger partial charge in [-0.15, -0.1) is 10.2 Å². The highest BCUT2D eigenvalue weighted by atomic mass is 35.5. The van der Waals surface area contributed by atoms with Crippen molar-refractivity contribution in [2.75, 3.05) is 25.1 Å². The average Bonchev–Trinajstić information content (AvgIpc) is 2.98. The van der Waals surface area contributed by atoms with Crippen LogP contribution in [0.4, 0.5) is 0 Å². The van der Waals surface area contributed by atoms with Crippen molar-refractivity contribution in [3.63, 3.8) is 0 Å². The lowest BCUT2D eigenvalue weighted by atomic mass is 9.86. The molecule has 0 aliphatic carbocycles. The second-order valence-electron chi connectivity index (χ2n) is 7.98. The van der Waals surface area contributed by atoms with Gasteiger partial charge in [0.2, 0.25) is 0 Å². The number of aryl methyl sites for hydroxylation is 1. The SMILES string of the molecule is CSCCCNC(=NCc1nnc(C)n1C)NCC(C)(C)Cc1cccc(Cl)c1. The molecule has 6 nitrogen and oxygen atoms in total. The molecule has 1 heterocycles. The van der Waals surface area contributed by atoms with Crippen molar-refractivity contribution in [3.05, 3.63) is 46.5 Å². The Labute approximate surface area is 183 Å². The van der Waals surface area contributed by atoms with E-state index in [0.29, 0.717) is 6.54 Å². The second kappa shape index (κ2) is 11.5. The number of guanidine groups is 1. The average molecular weight is 437 g/mol. The Hall–Kier alpha value is -1.73. The van der Waals surface area contributed by atoms with Crippen LogP contribution in [0.25, 0.3) is 0 Å². The molecule has 0 aliphatic rings. The molecule has 1 aromatic heterocycles. The van der Waals surface area contributed by atoms with Crippen LogP contribution in [-0.4, -0.2) is 45.8 Å². The fourth-order valence-electron chi connectivity index (χ4n) is 2.92. The molecule has 0 bridgehead atoms. The molecule has 0 fully saturated rings. The molecule has 2 aromatic rings. The van der Waals surface area contributed by atoms with Crippen molar-refractivity contribution in [1.82, 2.24) is 25.4 Å². The van der Waals surface area contributed by atoms with Crippen LogP contribution in [0, 0.1) is 12.3 Å². The van der Waals surface area contributed by atoms with Gasteiger partial charge in [0.1, 0.15) is 12.4 Å². The van der Waals surface area contributed by atoms with Gasteiger partial charge in [0, 0.05) is 25.2 Å². The molecule has 0 atom stereocenters. The zero-order valence-electron chi connectivity index (χ0n) is 18.1. The number of aromatic nitrogens is 3. The quantitative estimate of drug-likeness (QED) is 0.336. The van der Waals surface area contributed by atoms with Gasteiger partial charge < -0.3 is 15.2 Å². The Balaban J connectivity index is 1.99. The third-order valence-corrected chi connectivity index (χ3v) is 5.62. The van der Waals surface area contributed by atoms with Crippen LogP contribution in [0.2, 0.25) is 5.02 Å². The van der Waals surface area contributed by atoms with Gasteiger partial charge in [-0.25, -0.2) is 4.99 Å². The van der Waals surface area contributed by atoms with Gasteiger partial charge in [-0.05, 0) is 54.9 Å². The Kier molecular flexibility index (Phi) is 9.30. The summed E-state index contributed by atoms with van der Waals surface area (Å²) >= 11 is 7.99. The van der Waals surface area contributed by atoms with E-state index in [-0.39, 0.29) is 5.41 Å². The molecule has 0 saturated heterocycles. The zero-order valence-corrected chi connectivity index (χ0v) is 19.7. The van der Waals surface area contributed by atoms with E-state index in [1.165, 1.54) is 5.56 Å². The van der Waals surface area contributed by atoms with Crippen LogP contribution in [0.3, 0.4) is 0 Å². The van der Waals surface area contributed by atoms with E-state index in [0.717, 1.165) is 54.3 Å². The lowest BCUT2D eigenvalue weighted by molar-refractivity contribution is 0.359. The Morgan fingerprint density at radius 1 is 1.28 bits per heavy atom. The summed E-state index contributed by atoms with van der Waals surface area (Å²) in [6.07, 6.45) is 4.15. The maximum Gasteiger partial charge on any atom is 0.191 e. The molecule has 0 amide bonds. The molecule has 0 aliphatic heterocycles. The lowest BCUT2D eigenvalue weighted by Crippen LogP contribution is -2.43. The first-order valence-electron chi connectivity index (χ1n) is 9.91. The largest absolute Gasteiger partial charge is 0.356 e. The van der Waals surface area contributed by atoms with E-state index in [1.807, 2.05) is 48.5 Å². The Morgan fingerprint density at radius 2 is 2.07 bits per heavy atom. The monoisotopic (exact) mass is 436 g/mol. The Bertz CT molecular complexity index is 802. The van der Waals surface area contributed by atoms with E-state index in [9.17, 15) is 0 Å². The summed E-state index contributed by atoms with van der Waals surface area (Å²) in [4.78, 5) is 4.73. The van der Waals surface area contributed by atoms with Crippen LogP contribution >= 0.6 is 23.4 Å². The molecule has 1 aromatic carbocycles. The second-order valence-corrected chi connectivity index (χ2v) is 9.41. The zero-order chi connectivity index (χ0) is 21.3. The number of hydrogen-bond acceptors (Lipinski definition) is 4. The number of thioether (sulfide) groups is 1. The minimum absolute atomic E-state index is 0.0494. The summed E-state index contributed by atoms with van der Waals surface area (Å²) < 4.78 is 1.97. The van der Waals surface area contributed by atoms with Gasteiger partial charge in [-0.1, -0.05) is 37.6 Å². The smallest absolute Gasteiger partial charge is 0.191 e. The number of halogens is 1. The number of hydrogen-bond donors (Lipinski definition) is 2. The van der Waals surface area contributed by atoms with Gasteiger partial charge in [0.15, 0.2) is 11.8 Å². The van der Waals surface area contributed by atoms with Crippen molar-refractivity contribution < 1.29 is 0 Å². The molecular weight excluding hydrogens is 404 g/mol. The van der Waals surface area contributed by atoms with E-state index in [2.05, 4.69) is 47.0 Å². The number of nitrogens with zero attached hydrogens (tertiary/aromatic N) is 4. The molecular formula is C21H33ClN6S. The van der Waals surface area contributed by atoms with Gasteiger partial charge >= 0.3 is 0 Å². The summed E-state index contributed by atoms with van der Waals surface area (Å²) in [6.45, 7) is 8.61. The number of nitrogens with one attached hydrogen (secondary N) is 2. The first-order chi connectivity index (χ1) is 13.8. The molecule has 2 N–H and O–H groups in total. The third-order valence-electron chi connectivity index (χ3n) is 4.69. The normalized spacial score (nSPS) is 12.3. The van der Waals surface area contributed by atoms with Crippen molar-refractivity contribution in [1.29, 1.82) is 0 Å². The molecule has 8 heteroatoms. The van der Waals surface area contributed by atoms with Crippen LogP contribution in [-0.2, 0) is 20.0 Å². The predicted octanol–water partition coefficient (Wildman–Crippen LogP) is 3.83. The number of benzene rings is 1. The van der Waals surface area contributed by atoms with Gasteiger partial charge in [-0.3, -0.25) is 0 Å². The van der Waals surface area contributed by atoms with Gasteiger partial charge in [0.25, 0.3) is 0 Å². The predicted molar refractivity (Wildman–Crippen MR) is 125 cm³/mol. The summed E-state index contributed by atoms with van der Waals surface area (Å²) in [5.41, 5.74) is 1.29. The minimum atomic E-state index is 0.0494. The van der Waals surface area contributed by atoms with Gasteiger partial charge in [0.05, 0.1) is 0 Å². The van der Waals surface area contributed by atoms with Crippen molar-refractivity contribution in [2.45, 2.75) is 40.2 Å². The molecule has 160 valence electrons. The van der Waals surface area contributed by atoms with Crippen molar-refractivity contribution in [2.24, 2.45) is 17.5 Å². The van der Waals surface area contributed by atoms with Crippen molar-refractivity contribution >= 4 is 29.3 Å². The maximum atomic E-state index is 6.14. The van der Waals surface area contributed by atoms with E-state index in [1.54, 1.807) is 0 Å². The highest BCUT2D eigenvalue weighted by molar-refractivity contribution is 7.98. The molecule has 29 heavy (non-hydrogen) atoms. The number of aliphatic imine (C=N–C) groups is 1. The van der Waals surface area contributed by atoms with Crippen molar-refractivity contribution in [3.8, 4) is 0 Å². The maximum absolute atomic E-state index is 6.14.